The van der Waals surface area contributed by atoms with E-state index < -0.39 is 0 Å². The fourth-order valence-corrected chi connectivity index (χ4v) is 2.94. The number of aliphatic hydroxyl groups excluding tert-OH is 1. The van der Waals surface area contributed by atoms with Crippen LogP contribution in [0, 0.1) is 5.41 Å². The molecule has 0 aliphatic carbocycles. The summed E-state index contributed by atoms with van der Waals surface area (Å²) in [6.45, 7) is 11.6. The molecule has 1 fully saturated rings. The lowest BCUT2D eigenvalue weighted by Gasteiger charge is -2.35. The summed E-state index contributed by atoms with van der Waals surface area (Å²) in [6.07, 6.45) is -0.378. The lowest BCUT2D eigenvalue weighted by molar-refractivity contribution is 0.0628. The molecule has 0 saturated carbocycles. The Morgan fingerprint density at radius 3 is 2.48 bits per heavy atom. The molecule has 1 aliphatic heterocycles. The summed E-state index contributed by atoms with van der Waals surface area (Å²) in [5.41, 5.74) is 2.22. The molecular formula is C18H30ClN3O. The predicted molar refractivity (Wildman–Crippen MR) is 98.3 cm³/mol. The first-order valence-corrected chi connectivity index (χ1v) is 8.76. The highest BCUT2D eigenvalue weighted by Crippen LogP contribution is 2.28. The number of nitrogens with zero attached hydrogens (tertiary/aromatic N) is 2. The highest BCUT2D eigenvalue weighted by molar-refractivity contribution is 6.31. The first-order valence-electron chi connectivity index (χ1n) is 8.38. The molecule has 1 atom stereocenters. The number of rotatable bonds is 5. The van der Waals surface area contributed by atoms with E-state index in [-0.39, 0.29) is 11.5 Å². The van der Waals surface area contributed by atoms with E-state index in [1.807, 2.05) is 32.9 Å². The standard InChI is InChI=1S/C18H30ClN3O/c1-18(2,3)17(23)13-20-12-14-15(19)6-5-7-16(14)22-10-8-21(4)9-11-22/h5-7,17,20,23H,8-13H2,1-4H3. The number of piperazine rings is 1. The third-order valence-electron chi connectivity index (χ3n) is 4.58. The SMILES string of the molecule is CN1CCN(c2cccc(Cl)c2CNCC(O)C(C)(C)C)CC1. The summed E-state index contributed by atoms with van der Waals surface area (Å²) < 4.78 is 0. The van der Waals surface area contributed by atoms with E-state index in [2.05, 4.69) is 28.2 Å². The van der Waals surface area contributed by atoms with E-state index in [0.717, 1.165) is 36.8 Å². The van der Waals surface area contributed by atoms with Crippen LogP contribution in [0.15, 0.2) is 18.2 Å². The smallest absolute Gasteiger partial charge is 0.0712 e. The molecule has 0 radical (unpaired) electrons. The highest BCUT2D eigenvalue weighted by Gasteiger charge is 2.22. The Morgan fingerprint density at radius 2 is 1.87 bits per heavy atom. The van der Waals surface area contributed by atoms with Gasteiger partial charge in [-0.2, -0.15) is 0 Å². The van der Waals surface area contributed by atoms with Crippen LogP contribution in [-0.4, -0.2) is 55.9 Å². The zero-order valence-corrected chi connectivity index (χ0v) is 15.5. The van der Waals surface area contributed by atoms with Gasteiger partial charge in [-0.05, 0) is 24.6 Å². The van der Waals surface area contributed by atoms with Crippen LogP contribution in [0.25, 0.3) is 0 Å². The number of hydrogen-bond acceptors (Lipinski definition) is 4. The van der Waals surface area contributed by atoms with E-state index in [1.165, 1.54) is 5.69 Å². The molecule has 4 nitrogen and oxygen atoms in total. The van der Waals surface area contributed by atoms with Crippen LogP contribution in [0.3, 0.4) is 0 Å². The van der Waals surface area contributed by atoms with Gasteiger partial charge in [0.1, 0.15) is 0 Å². The Balaban J connectivity index is 2.03. The third-order valence-corrected chi connectivity index (χ3v) is 4.93. The van der Waals surface area contributed by atoms with Gasteiger partial charge in [0.15, 0.2) is 0 Å². The molecule has 1 saturated heterocycles. The summed E-state index contributed by atoms with van der Waals surface area (Å²) in [7, 11) is 2.16. The van der Waals surface area contributed by atoms with Gasteiger partial charge in [-0.3, -0.25) is 0 Å². The topological polar surface area (TPSA) is 38.7 Å². The van der Waals surface area contributed by atoms with Gasteiger partial charge in [0.25, 0.3) is 0 Å². The van der Waals surface area contributed by atoms with Crippen LogP contribution in [-0.2, 0) is 6.54 Å². The number of benzene rings is 1. The van der Waals surface area contributed by atoms with Crippen LogP contribution in [0.4, 0.5) is 5.69 Å². The molecule has 1 aromatic rings. The summed E-state index contributed by atoms with van der Waals surface area (Å²) in [4.78, 5) is 4.75. The Bertz CT molecular complexity index is 507. The van der Waals surface area contributed by atoms with Crippen LogP contribution in [0.2, 0.25) is 5.02 Å². The first-order chi connectivity index (χ1) is 10.8. The largest absolute Gasteiger partial charge is 0.391 e. The zero-order valence-electron chi connectivity index (χ0n) is 14.8. The minimum absolute atomic E-state index is 0.117. The van der Waals surface area contributed by atoms with Gasteiger partial charge in [-0.15, -0.1) is 0 Å². The Labute approximate surface area is 145 Å². The molecule has 0 spiro atoms. The van der Waals surface area contributed by atoms with Gasteiger partial charge < -0.3 is 20.2 Å². The van der Waals surface area contributed by atoms with E-state index in [4.69, 9.17) is 11.6 Å². The average Bonchev–Trinajstić information content (AvgIpc) is 2.48. The fourth-order valence-electron chi connectivity index (χ4n) is 2.71. The molecule has 130 valence electrons. The molecule has 5 heteroatoms. The zero-order chi connectivity index (χ0) is 17.0. The number of halogens is 1. The van der Waals surface area contributed by atoms with Crippen molar-refractivity contribution in [1.29, 1.82) is 0 Å². The molecule has 1 aromatic carbocycles. The maximum absolute atomic E-state index is 10.2. The number of aliphatic hydroxyl groups is 1. The van der Waals surface area contributed by atoms with Crippen LogP contribution in [0.5, 0.6) is 0 Å². The van der Waals surface area contributed by atoms with Gasteiger partial charge in [-0.1, -0.05) is 38.4 Å². The van der Waals surface area contributed by atoms with Crippen molar-refractivity contribution in [2.45, 2.75) is 33.4 Å². The van der Waals surface area contributed by atoms with E-state index >= 15 is 0 Å². The minimum atomic E-state index is -0.378. The quantitative estimate of drug-likeness (QED) is 0.865. The molecular weight excluding hydrogens is 310 g/mol. The lowest BCUT2D eigenvalue weighted by Crippen LogP contribution is -2.45. The van der Waals surface area contributed by atoms with Crippen molar-refractivity contribution in [3.05, 3.63) is 28.8 Å². The van der Waals surface area contributed by atoms with Crippen LogP contribution < -0.4 is 10.2 Å². The first kappa shape index (κ1) is 18.5. The van der Waals surface area contributed by atoms with Crippen molar-refractivity contribution < 1.29 is 5.11 Å². The third kappa shape index (κ3) is 5.08. The molecule has 0 amide bonds. The Kier molecular flexibility index (Phi) is 6.32. The molecule has 2 rings (SSSR count). The molecule has 1 unspecified atom stereocenters. The second-order valence-electron chi connectivity index (χ2n) is 7.54. The lowest BCUT2D eigenvalue weighted by atomic mass is 9.89. The van der Waals surface area contributed by atoms with Gasteiger partial charge >= 0.3 is 0 Å². The van der Waals surface area contributed by atoms with E-state index in [0.29, 0.717) is 13.1 Å². The molecule has 1 aliphatic rings. The Morgan fingerprint density at radius 1 is 1.22 bits per heavy atom. The van der Waals surface area contributed by atoms with Gasteiger partial charge in [0.05, 0.1) is 6.10 Å². The van der Waals surface area contributed by atoms with E-state index in [9.17, 15) is 5.11 Å². The summed E-state index contributed by atoms with van der Waals surface area (Å²) in [6, 6.07) is 6.11. The molecule has 23 heavy (non-hydrogen) atoms. The average molecular weight is 340 g/mol. The Hall–Kier alpha value is -0.810. The number of hydrogen-bond donors (Lipinski definition) is 2. The van der Waals surface area contributed by atoms with Crippen molar-refractivity contribution in [2.75, 3.05) is 44.7 Å². The number of likely N-dealkylation sites (N-methyl/N-ethyl adjacent to an activating group) is 1. The van der Waals surface area contributed by atoms with Gasteiger partial charge in [0.2, 0.25) is 0 Å². The van der Waals surface area contributed by atoms with Crippen molar-refractivity contribution in [2.24, 2.45) is 5.41 Å². The monoisotopic (exact) mass is 339 g/mol. The summed E-state index contributed by atoms with van der Waals surface area (Å²) in [5.74, 6) is 0. The maximum Gasteiger partial charge on any atom is 0.0712 e. The van der Waals surface area contributed by atoms with E-state index in [1.54, 1.807) is 0 Å². The van der Waals surface area contributed by atoms with Crippen molar-refractivity contribution >= 4 is 17.3 Å². The maximum atomic E-state index is 10.2. The number of anilines is 1. The van der Waals surface area contributed by atoms with Gasteiger partial charge in [-0.25, -0.2) is 0 Å². The molecule has 2 N–H and O–H groups in total. The van der Waals surface area contributed by atoms with Crippen molar-refractivity contribution in [1.82, 2.24) is 10.2 Å². The van der Waals surface area contributed by atoms with Crippen LogP contribution in [0.1, 0.15) is 26.3 Å². The highest BCUT2D eigenvalue weighted by atomic mass is 35.5. The van der Waals surface area contributed by atoms with Crippen LogP contribution >= 0.6 is 11.6 Å². The predicted octanol–water partition coefficient (Wildman–Crippen LogP) is 2.59. The summed E-state index contributed by atoms with van der Waals surface area (Å²) in [5, 5.41) is 14.3. The molecule has 0 bridgehead atoms. The second kappa shape index (κ2) is 7.84. The molecule has 1 heterocycles. The fraction of sp³-hybridized carbons (Fsp3) is 0.667. The second-order valence-corrected chi connectivity index (χ2v) is 7.95. The van der Waals surface area contributed by atoms with Crippen molar-refractivity contribution in [3.63, 3.8) is 0 Å². The summed E-state index contributed by atoms with van der Waals surface area (Å²) >= 11 is 6.44. The normalized spacial score (nSPS) is 18.3. The number of nitrogens with one attached hydrogen (secondary N) is 1. The molecule has 0 aromatic heterocycles. The van der Waals surface area contributed by atoms with Crippen molar-refractivity contribution in [3.8, 4) is 0 Å². The minimum Gasteiger partial charge on any atom is -0.391 e. The van der Waals surface area contributed by atoms with Gasteiger partial charge in [0, 0.05) is 55.5 Å².